The Hall–Kier alpha value is -2.55. The molecule has 0 aliphatic carbocycles. The molecule has 1 atom stereocenters. The first-order chi connectivity index (χ1) is 10.2. The fourth-order valence-electron chi connectivity index (χ4n) is 1.99. The van der Waals surface area contributed by atoms with E-state index in [4.69, 9.17) is 0 Å². The van der Waals surface area contributed by atoms with Crippen molar-refractivity contribution in [2.24, 2.45) is 7.05 Å². The van der Waals surface area contributed by atoms with Crippen molar-refractivity contribution in [3.05, 3.63) is 41.0 Å². The first-order valence-corrected chi connectivity index (χ1v) is 7.21. The Morgan fingerprint density at radius 2 is 2.38 bits per heavy atom. The lowest BCUT2D eigenvalue weighted by Gasteiger charge is -2.14. The van der Waals surface area contributed by atoms with Crippen LogP contribution in [-0.4, -0.2) is 35.9 Å². The Morgan fingerprint density at radius 1 is 1.48 bits per heavy atom. The molecular formula is C12H13N7OS. The summed E-state index contributed by atoms with van der Waals surface area (Å²) in [6.07, 6.45) is 3.52. The third-order valence-corrected chi connectivity index (χ3v) is 3.67. The van der Waals surface area contributed by atoms with E-state index in [2.05, 4.69) is 25.9 Å². The van der Waals surface area contributed by atoms with Gasteiger partial charge in [-0.05, 0) is 32.8 Å². The summed E-state index contributed by atoms with van der Waals surface area (Å²) >= 11 is 1.57. The van der Waals surface area contributed by atoms with E-state index in [1.54, 1.807) is 40.0 Å². The summed E-state index contributed by atoms with van der Waals surface area (Å²) in [5.74, 6) is 0.392. The fourth-order valence-corrected chi connectivity index (χ4v) is 2.70. The number of hydrogen-bond acceptors (Lipinski definition) is 6. The number of carbonyl (C=O) groups excluding carboxylic acids is 1. The smallest absolute Gasteiger partial charge is 0.228 e. The van der Waals surface area contributed by atoms with Crippen LogP contribution in [0.15, 0.2) is 35.4 Å². The largest absolute Gasteiger partial charge is 0.309 e. The van der Waals surface area contributed by atoms with Gasteiger partial charge in [0.15, 0.2) is 5.82 Å². The minimum Gasteiger partial charge on any atom is -0.309 e. The number of thiophene rings is 1. The molecule has 0 aromatic carbocycles. The quantitative estimate of drug-likeness (QED) is 0.762. The number of nitrogens with zero attached hydrogens (tertiary/aromatic N) is 6. The van der Waals surface area contributed by atoms with Crippen LogP contribution < -0.4 is 5.32 Å². The first kappa shape index (κ1) is 13.4. The number of aromatic nitrogens is 6. The van der Waals surface area contributed by atoms with Crippen LogP contribution in [0.5, 0.6) is 0 Å². The van der Waals surface area contributed by atoms with Crippen LogP contribution in [0.25, 0.3) is 0 Å². The molecule has 1 amide bonds. The molecule has 0 aliphatic rings. The summed E-state index contributed by atoms with van der Waals surface area (Å²) in [5.41, 5.74) is 1.00. The van der Waals surface area contributed by atoms with E-state index < -0.39 is 0 Å². The molecule has 0 fully saturated rings. The monoisotopic (exact) mass is 303 g/mol. The van der Waals surface area contributed by atoms with Gasteiger partial charge in [-0.15, -0.1) is 5.10 Å². The molecule has 0 radical (unpaired) electrons. The van der Waals surface area contributed by atoms with E-state index in [0.29, 0.717) is 5.82 Å². The molecule has 3 aromatic heterocycles. The minimum absolute atomic E-state index is 0.139. The van der Waals surface area contributed by atoms with E-state index in [9.17, 15) is 4.79 Å². The van der Waals surface area contributed by atoms with Crippen molar-refractivity contribution in [1.29, 1.82) is 0 Å². The maximum absolute atomic E-state index is 12.2. The molecule has 3 aromatic rings. The van der Waals surface area contributed by atoms with Gasteiger partial charge < -0.3 is 5.32 Å². The highest BCUT2D eigenvalue weighted by molar-refractivity contribution is 7.07. The van der Waals surface area contributed by atoms with E-state index in [1.807, 2.05) is 16.8 Å². The van der Waals surface area contributed by atoms with Crippen molar-refractivity contribution in [1.82, 2.24) is 30.0 Å². The van der Waals surface area contributed by atoms with Crippen molar-refractivity contribution < 1.29 is 4.79 Å². The molecule has 0 saturated heterocycles. The van der Waals surface area contributed by atoms with E-state index in [1.165, 1.54) is 6.33 Å². The SMILES string of the molecule is Cn1ccc(NC(=O)C[C@@H](c2ccsc2)n2cnnn2)n1. The molecule has 0 aliphatic heterocycles. The Kier molecular flexibility index (Phi) is 3.73. The highest BCUT2D eigenvalue weighted by atomic mass is 32.1. The summed E-state index contributed by atoms with van der Waals surface area (Å²) < 4.78 is 3.22. The molecule has 0 unspecified atom stereocenters. The summed E-state index contributed by atoms with van der Waals surface area (Å²) in [6, 6.07) is 3.48. The molecule has 0 spiro atoms. The zero-order chi connectivity index (χ0) is 14.7. The van der Waals surface area contributed by atoms with Gasteiger partial charge in [0.25, 0.3) is 0 Å². The van der Waals surface area contributed by atoms with Crippen LogP contribution in [-0.2, 0) is 11.8 Å². The number of hydrogen-bond donors (Lipinski definition) is 1. The number of amides is 1. The van der Waals surface area contributed by atoms with Crippen molar-refractivity contribution in [2.45, 2.75) is 12.5 Å². The van der Waals surface area contributed by atoms with Crippen molar-refractivity contribution in [2.75, 3.05) is 5.32 Å². The molecule has 108 valence electrons. The topological polar surface area (TPSA) is 90.5 Å². The van der Waals surface area contributed by atoms with Gasteiger partial charge in [-0.1, -0.05) is 0 Å². The third-order valence-electron chi connectivity index (χ3n) is 2.97. The normalized spacial score (nSPS) is 12.2. The number of anilines is 1. The van der Waals surface area contributed by atoms with Gasteiger partial charge in [0.1, 0.15) is 6.33 Å². The third kappa shape index (κ3) is 3.14. The highest BCUT2D eigenvalue weighted by Gasteiger charge is 2.20. The number of carbonyl (C=O) groups is 1. The van der Waals surface area contributed by atoms with Crippen LogP contribution in [0.1, 0.15) is 18.0 Å². The van der Waals surface area contributed by atoms with Crippen LogP contribution in [0, 0.1) is 0 Å². The maximum atomic E-state index is 12.2. The number of tetrazole rings is 1. The van der Waals surface area contributed by atoms with E-state index in [-0.39, 0.29) is 18.4 Å². The average molecular weight is 303 g/mol. The second kappa shape index (κ2) is 5.83. The zero-order valence-corrected chi connectivity index (χ0v) is 12.1. The zero-order valence-electron chi connectivity index (χ0n) is 11.2. The second-order valence-corrected chi connectivity index (χ2v) is 5.27. The Labute approximate surface area is 124 Å². The molecule has 0 bridgehead atoms. The number of nitrogens with one attached hydrogen (secondary N) is 1. The Bertz CT molecular complexity index is 670. The predicted molar refractivity (Wildman–Crippen MR) is 76.7 cm³/mol. The standard InChI is InChI=1S/C12H13N7OS/c1-18-4-2-11(15-18)14-12(20)6-10(9-3-5-21-7-9)19-8-13-16-17-19/h2-5,7-8,10H,6H2,1H3,(H,14,15,20)/t10-/m0/s1. The van der Waals surface area contributed by atoms with E-state index >= 15 is 0 Å². The van der Waals surface area contributed by atoms with Gasteiger partial charge in [-0.2, -0.15) is 16.4 Å². The molecule has 9 heteroatoms. The van der Waals surface area contributed by atoms with Gasteiger partial charge in [-0.25, -0.2) is 4.68 Å². The Morgan fingerprint density at radius 3 is 3.00 bits per heavy atom. The van der Waals surface area contributed by atoms with Crippen LogP contribution >= 0.6 is 11.3 Å². The molecule has 0 saturated carbocycles. The van der Waals surface area contributed by atoms with Gasteiger partial charge >= 0.3 is 0 Å². The van der Waals surface area contributed by atoms with Crippen molar-refractivity contribution >= 4 is 23.1 Å². The van der Waals surface area contributed by atoms with Crippen molar-refractivity contribution in [3.63, 3.8) is 0 Å². The average Bonchev–Trinajstić information content (AvgIpc) is 3.19. The molecular weight excluding hydrogens is 290 g/mol. The molecule has 3 heterocycles. The van der Waals surface area contributed by atoms with Crippen LogP contribution in [0.4, 0.5) is 5.82 Å². The molecule has 8 nitrogen and oxygen atoms in total. The summed E-state index contributed by atoms with van der Waals surface area (Å²) in [6.45, 7) is 0. The van der Waals surface area contributed by atoms with Gasteiger partial charge in [0, 0.05) is 19.3 Å². The van der Waals surface area contributed by atoms with Gasteiger partial charge in [-0.3, -0.25) is 9.48 Å². The lowest BCUT2D eigenvalue weighted by Crippen LogP contribution is -2.20. The van der Waals surface area contributed by atoms with Crippen LogP contribution in [0.2, 0.25) is 0 Å². The maximum Gasteiger partial charge on any atom is 0.228 e. The second-order valence-electron chi connectivity index (χ2n) is 4.49. The summed E-state index contributed by atoms with van der Waals surface area (Å²) in [5, 5.41) is 22.0. The predicted octanol–water partition coefficient (Wildman–Crippen LogP) is 1.09. The molecule has 1 N–H and O–H groups in total. The molecule has 3 rings (SSSR count). The van der Waals surface area contributed by atoms with Crippen molar-refractivity contribution in [3.8, 4) is 0 Å². The molecule has 21 heavy (non-hydrogen) atoms. The first-order valence-electron chi connectivity index (χ1n) is 6.26. The number of aryl methyl sites for hydroxylation is 1. The van der Waals surface area contributed by atoms with Gasteiger partial charge in [0.2, 0.25) is 5.91 Å². The Balaban J connectivity index is 1.74. The van der Waals surface area contributed by atoms with E-state index in [0.717, 1.165) is 5.56 Å². The highest BCUT2D eigenvalue weighted by Crippen LogP contribution is 2.23. The fraction of sp³-hybridized carbons (Fsp3) is 0.250. The lowest BCUT2D eigenvalue weighted by atomic mass is 10.1. The lowest BCUT2D eigenvalue weighted by molar-refractivity contribution is -0.116. The summed E-state index contributed by atoms with van der Waals surface area (Å²) in [4.78, 5) is 12.2. The van der Waals surface area contributed by atoms with Crippen LogP contribution in [0.3, 0.4) is 0 Å². The van der Waals surface area contributed by atoms with Gasteiger partial charge in [0.05, 0.1) is 12.5 Å². The number of rotatable bonds is 5. The minimum atomic E-state index is -0.227. The summed E-state index contributed by atoms with van der Waals surface area (Å²) in [7, 11) is 1.80.